The van der Waals surface area contributed by atoms with Crippen LogP contribution >= 0.6 is 0 Å². The first-order valence-corrected chi connectivity index (χ1v) is 8.06. The highest BCUT2D eigenvalue weighted by molar-refractivity contribution is 5.96. The highest BCUT2D eigenvalue weighted by atomic mass is 16.4. The molecule has 1 amide bonds. The van der Waals surface area contributed by atoms with Crippen LogP contribution in [0.4, 0.5) is 0 Å². The van der Waals surface area contributed by atoms with Crippen LogP contribution in [0, 0.1) is 0 Å². The lowest BCUT2D eigenvalue weighted by Crippen LogP contribution is -2.37. The normalized spacial score (nSPS) is 12.5. The fourth-order valence-electron chi connectivity index (χ4n) is 2.88. The Morgan fingerprint density at radius 2 is 2.00 bits per heavy atom. The summed E-state index contributed by atoms with van der Waals surface area (Å²) >= 11 is 0. The molecule has 1 atom stereocenters. The molecule has 0 fully saturated rings. The third kappa shape index (κ3) is 3.49. The second-order valence-electron chi connectivity index (χ2n) is 6.22. The van der Waals surface area contributed by atoms with Crippen LogP contribution in [0.2, 0.25) is 0 Å². The van der Waals surface area contributed by atoms with Gasteiger partial charge in [0.25, 0.3) is 5.91 Å². The number of amides is 1. The van der Waals surface area contributed by atoms with Crippen molar-refractivity contribution in [3.05, 3.63) is 70.3 Å². The van der Waals surface area contributed by atoms with E-state index >= 15 is 0 Å². The number of nitrogens with one attached hydrogen (secondary N) is 1. The van der Waals surface area contributed by atoms with Gasteiger partial charge in [-0.05, 0) is 38.4 Å². The fourth-order valence-corrected chi connectivity index (χ4v) is 2.88. The summed E-state index contributed by atoms with van der Waals surface area (Å²) in [6.45, 7) is 0.385. The summed E-state index contributed by atoms with van der Waals surface area (Å²) in [5.41, 5.74) is 0.939. The fraction of sp³-hybridized carbons (Fsp3) is 0.263. The van der Waals surface area contributed by atoms with Gasteiger partial charge in [-0.15, -0.1) is 0 Å². The SMILES string of the molecule is CN(C)[C@@H](CNC(=O)c1cc2ccccc2oc1=O)c1cccn1C. The van der Waals surface area contributed by atoms with E-state index in [1.54, 1.807) is 18.2 Å². The van der Waals surface area contributed by atoms with Gasteiger partial charge in [-0.3, -0.25) is 9.69 Å². The first kappa shape index (κ1) is 17.0. The van der Waals surface area contributed by atoms with E-state index in [-0.39, 0.29) is 11.6 Å². The first-order valence-electron chi connectivity index (χ1n) is 8.06. The second kappa shape index (κ2) is 6.94. The quantitative estimate of drug-likeness (QED) is 0.724. The van der Waals surface area contributed by atoms with Gasteiger partial charge in [0.15, 0.2) is 0 Å². The van der Waals surface area contributed by atoms with Gasteiger partial charge in [0.05, 0.1) is 6.04 Å². The number of hydrogen-bond acceptors (Lipinski definition) is 4. The molecular formula is C19H21N3O3. The van der Waals surface area contributed by atoms with Crippen LogP contribution in [-0.2, 0) is 7.05 Å². The maximum absolute atomic E-state index is 12.5. The summed E-state index contributed by atoms with van der Waals surface area (Å²) in [5.74, 6) is -0.430. The Morgan fingerprint density at radius 3 is 2.68 bits per heavy atom. The van der Waals surface area contributed by atoms with E-state index < -0.39 is 11.5 Å². The number of likely N-dealkylation sites (N-methyl/N-ethyl adjacent to an activating group) is 1. The Labute approximate surface area is 145 Å². The Hall–Kier alpha value is -2.86. The number of aromatic nitrogens is 1. The average molecular weight is 339 g/mol. The molecule has 0 aliphatic rings. The standard InChI is InChI=1S/C19H21N3O3/c1-21(2)16(15-8-6-10-22(15)3)12-20-18(23)14-11-13-7-4-5-9-17(13)25-19(14)24/h4-11,16H,12H2,1-3H3,(H,20,23)/t16-/m0/s1. The molecule has 0 aliphatic heterocycles. The number of benzene rings is 1. The van der Waals surface area contributed by atoms with Crippen molar-refractivity contribution in [1.29, 1.82) is 0 Å². The molecule has 0 unspecified atom stereocenters. The summed E-state index contributed by atoms with van der Waals surface area (Å²) in [5, 5.41) is 3.57. The Kier molecular flexibility index (Phi) is 4.72. The molecule has 2 heterocycles. The zero-order chi connectivity index (χ0) is 18.0. The molecule has 25 heavy (non-hydrogen) atoms. The van der Waals surface area contributed by atoms with E-state index in [0.29, 0.717) is 12.1 Å². The molecule has 1 N–H and O–H groups in total. The summed E-state index contributed by atoms with van der Waals surface area (Å²) in [7, 11) is 5.87. The van der Waals surface area contributed by atoms with Gasteiger partial charge in [-0.25, -0.2) is 4.79 Å². The van der Waals surface area contributed by atoms with Gasteiger partial charge in [-0.1, -0.05) is 18.2 Å². The number of carbonyl (C=O) groups excluding carboxylic acids is 1. The van der Waals surface area contributed by atoms with Crippen molar-refractivity contribution in [2.24, 2.45) is 7.05 Å². The number of hydrogen-bond donors (Lipinski definition) is 1. The molecule has 3 aromatic rings. The molecule has 0 saturated carbocycles. The van der Waals surface area contributed by atoms with Crippen LogP contribution in [0.5, 0.6) is 0 Å². The van der Waals surface area contributed by atoms with Crippen LogP contribution in [-0.4, -0.2) is 36.0 Å². The van der Waals surface area contributed by atoms with Gasteiger partial charge in [0.1, 0.15) is 11.1 Å². The number of nitrogens with zero attached hydrogens (tertiary/aromatic N) is 2. The summed E-state index contributed by atoms with van der Waals surface area (Å²) in [6.07, 6.45) is 1.96. The zero-order valence-electron chi connectivity index (χ0n) is 14.5. The minimum absolute atomic E-state index is 0.00329. The van der Waals surface area contributed by atoms with Gasteiger partial charge in [0, 0.05) is 30.9 Å². The van der Waals surface area contributed by atoms with Crippen molar-refractivity contribution in [3.63, 3.8) is 0 Å². The van der Waals surface area contributed by atoms with Crippen molar-refractivity contribution in [1.82, 2.24) is 14.8 Å². The lowest BCUT2D eigenvalue weighted by molar-refractivity contribution is 0.0937. The summed E-state index contributed by atoms with van der Waals surface area (Å²) < 4.78 is 7.24. The van der Waals surface area contributed by atoms with Crippen LogP contribution in [0.1, 0.15) is 22.1 Å². The molecule has 6 heteroatoms. The summed E-state index contributed by atoms with van der Waals surface area (Å²) in [6, 6.07) is 12.7. The monoisotopic (exact) mass is 339 g/mol. The molecule has 0 saturated heterocycles. The predicted molar refractivity (Wildman–Crippen MR) is 96.7 cm³/mol. The molecule has 0 bridgehead atoms. The highest BCUT2D eigenvalue weighted by Gasteiger charge is 2.20. The van der Waals surface area contributed by atoms with Gasteiger partial charge >= 0.3 is 5.63 Å². The average Bonchev–Trinajstić information content (AvgIpc) is 3.00. The third-order valence-electron chi connectivity index (χ3n) is 4.29. The van der Waals surface area contributed by atoms with Crippen molar-refractivity contribution in [2.45, 2.75) is 6.04 Å². The summed E-state index contributed by atoms with van der Waals surface area (Å²) in [4.78, 5) is 26.6. The number of aryl methyl sites for hydroxylation is 1. The molecule has 0 radical (unpaired) electrons. The Balaban J connectivity index is 1.81. The molecule has 130 valence electrons. The molecular weight excluding hydrogens is 318 g/mol. The van der Waals surface area contributed by atoms with E-state index in [4.69, 9.17) is 4.42 Å². The van der Waals surface area contributed by atoms with Crippen molar-refractivity contribution >= 4 is 16.9 Å². The van der Waals surface area contributed by atoms with E-state index in [9.17, 15) is 9.59 Å². The maximum atomic E-state index is 12.5. The smallest absolute Gasteiger partial charge is 0.349 e. The Bertz CT molecular complexity index is 956. The van der Waals surface area contributed by atoms with Crippen LogP contribution in [0.15, 0.2) is 57.9 Å². The zero-order valence-corrected chi connectivity index (χ0v) is 14.5. The number of fused-ring (bicyclic) bond motifs is 1. The number of carbonyl (C=O) groups is 1. The van der Waals surface area contributed by atoms with Crippen LogP contribution in [0.3, 0.4) is 0 Å². The lowest BCUT2D eigenvalue weighted by Gasteiger charge is -2.25. The molecule has 0 spiro atoms. The topological polar surface area (TPSA) is 67.5 Å². The van der Waals surface area contributed by atoms with E-state index in [0.717, 1.165) is 11.1 Å². The molecule has 1 aromatic carbocycles. The minimum atomic E-state index is -0.628. The van der Waals surface area contributed by atoms with E-state index in [2.05, 4.69) is 5.32 Å². The van der Waals surface area contributed by atoms with Gasteiger partial charge < -0.3 is 14.3 Å². The lowest BCUT2D eigenvalue weighted by atomic mass is 10.1. The first-order chi connectivity index (χ1) is 12.0. The predicted octanol–water partition coefficient (Wildman–Crippen LogP) is 2.16. The number of rotatable bonds is 5. The minimum Gasteiger partial charge on any atom is -0.422 e. The van der Waals surface area contributed by atoms with Gasteiger partial charge in [-0.2, -0.15) is 0 Å². The molecule has 2 aromatic heterocycles. The van der Waals surface area contributed by atoms with E-state index in [1.165, 1.54) is 0 Å². The molecule has 0 aliphatic carbocycles. The molecule has 6 nitrogen and oxygen atoms in total. The van der Waals surface area contributed by atoms with Crippen molar-refractivity contribution in [3.8, 4) is 0 Å². The van der Waals surface area contributed by atoms with Gasteiger partial charge in [0.2, 0.25) is 0 Å². The van der Waals surface area contributed by atoms with E-state index in [1.807, 2.05) is 61.1 Å². The Morgan fingerprint density at radius 1 is 1.24 bits per heavy atom. The maximum Gasteiger partial charge on any atom is 0.349 e. The molecule has 3 rings (SSSR count). The third-order valence-corrected chi connectivity index (χ3v) is 4.29. The van der Waals surface area contributed by atoms with Crippen molar-refractivity contribution < 1.29 is 9.21 Å². The van der Waals surface area contributed by atoms with Crippen LogP contribution in [0.25, 0.3) is 11.0 Å². The number of para-hydroxylation sites is 1. The van der Waals surface area contributed by atoms with Crippen molar-refractivity contribution in [2.75, 3.05) is 20.6 Å². The van der Waals surface area contributed by atoms with Crippen LogP contribution < -0.4 is 10.9 Å². The highest BCUT2D eigenvalue weighted by Crippen LogP contribution is 2.17. The largest absolute Gasteiger partial charge is 0.422 e. The second-order valence-corrected chi connectivity index (χ2v) is 6.22.